The Kier molecular flexibility index (Phi) is 5.31. The van der Waals surface area contributed by atoms with Crippen molar-refractivity contribution in [2.24, 2.45) is 0 Å². The molecule has 22 heavy (non-hydrogen) atoms. The first-order valence-corrected chi connectivity index (χ1v) is 7.37. The number of benzene rings is 2. The molecule has 0 fully saturated rings. The van der Waals surface area contributed by atoms with Gasteiger partial charge in [0.1, 0.15) is 0 Å². The fraction of sp³-hybridized carbons (Fsp3) is 0.222. The molecule has 2 aromatic carbocycles. The molecule has 0 aliphatic heterocycles. The Bertz CT molecular complexity index is 663. The molecule has 2 N–H and O–H groups in total. The van der Waals surface area contributed by atoms with E-state index in [9.17, 15) is 9.59 Å². The second-order valence-corrected chi connectivity index (χ2v) is 5.12. The van der Waals surface area contributed by atoms with E-state index >= 15 is 0 Å². The SMILES string of the molecule is CCCNC(=O)c1ccccc1NC(=O)c1ccc(C)cc1. The molecule has 4 heteroatoms. The van der Waals surface area contributed by atoms with Gasteiger partial charge in [-0.25, -0.2) is 0 Å². The molecule has 0 heterocycles. The third-order valence-corrected chi connectivity index (χ3v) is 3.27. The fourth-order valence-electron chi connectivity index (χ4n) is 2.02. The first kappa shape index (κ1) is 15.8. The van der Waals surface area contributed by atoms with Crippen LogP contribution in [0.25, 0.3) is 0 Å². The van der Waals surface area contributed by atoms with Crippen molar-refractivity contribution in [3.05, 3.63) is 65.2 Å². The molecule has 2 aromatic rings. The third kappa shape index (κ3) is 3.95. The fourth-order valence-corrected chi connectivity index (χ4v) is 2.02. The van der Waals surface area contributed by atoms with Gasteiger partial charge in [-0.2, -0.15) is 0 Å². The summed E-state index contributed by atoms with van der Waals surface area (Å²) in [6.45, 7) is 4.57. The maximum atomic E-state index is 12.3. The lowest BCUT2D eigenvalue weighted by atomic mass is 10.1. The summed E-state index contributed by atoms with van der Waals surface area (Å²) < 4.78 is 0. The number of anilines is 1. The van der Waals surface area contributed by atoms with Crippen LogP contribution in [0.15, 0.2) is 48.5 Å². The number of nitrogens with one attached hydrogen (secondary N) is 2. The molecule has 0 saturated carbocycles. The highest BCUT2D eigenvalue weighted by atomic mass is 16.2. The molecule has 0 bridgehead atoms. The van der Waals surface area contributed by atoms with Gasteiger partial charge in [0, 0.05) is 12.1 Å². The highest BCUT2D eigenvalue weighted by molar-refractivity contribution is 6.08. The predicted octanol–water partition coefficient (Wildman–Crippen LogP) is 3.39. The number of hydrogen-bond acceptors (Lipinski definition) is 2. The van der Waals surface area contributed by atoms with Crippen LogP contribution in [0, 0.1) is 6.92 Å². The van der Waals surface area contributed by atoms with Crippen molar-refractivity contribution in [2.45, 2.75) is 20.3 Å². The highest BCUT2D eigenvalue weighted by Gasteiger charge is 2.13. The van der Waals surface area contributed by atoms with E-state index in [1.54, 1.807) is 36.4 Å². The second-order valence-electron chi connectivity index (χ2n) is 5.12. The Balaban J connectivity index is 2.17. The lowest BCUT2D eigenvalue weighted by Crippen LogP contribution is -2.25. The van der Waals surface area contributed by atoms with Crippen LogP contribution in [0.4, 0.5) is 5.69 Å². The quantitative estimate of drug-likeness (QED) is 0.888. The van der Waals surface area contributed by atoms with Crippen molar-refractivity contribution >= 4 is 17.5 Å². The lowest BCUT2D eigenvalue weighted by molar-refractivity contribution is 0.0954. The van der Waals surface area contributed by atoms with Gasteiger partial charge in [0.05, 0.1) is 11.3 Å². The molecule has 4 nitrogen and oxygen atoms in total. The molecule has 114 valence electrons. The van der Waals surface area contributed by atoms with Crippen molar-refractivity contribution in [1.29, 1.82) is 0 Å². The standard InChI is InChI=1S/C18H20N2O2/c1-3-12-19-18(22)15-6-4-5-7-16(15)20-17(21)14-10-8-13(2)9-11-14/h4-11H,3,12H2,1-2H3,(H,19,22)(H,20,21). The van der Waals surface area contributed by atoms with Crippen molar-refractivity contribution < 1.29 is 9.59 Å². The Hall–Kier alpha value is -2.62. The van der Waals surface area contributed by atoms with Gasteiger partial charge in [0.25, 0.3) is 11.8 Å². The number of amides is 2. The summed E-state index contributed by atoms with van der Waals surface area (Å²) in [7, 11) is 0. The minimum atomic E-state index is -0.226. The lowest BCUT2D eigenvalue weighted by Gasteiger charge is -2.11. The van der Waals surface area contributed by atoms with Gasteiger partial charge < -0.3 is 10.6 Å². The van der Waals surface area contributed by atoms with E-state index in [2.05, 4.69) is 10.6 Å². The summed E-state index contributed by atoms with van der Waals surface area (Å²) in [4.78, 5) is 24.4. The maximum Gasteiger partial charge on any atom is 0.255 e. The Morgan fingerprint density at radius 1 is 0.955 bits per heavy atom. The number of para-hydroxylation sites is 1. The molecule has 0 atom stereocenters. The number of carbonyl (C=O) groups excluding carboxylic acids is 2. The minimum absolute atomic E-state index is 0.179. The predicted molar refractivity (Wildman–Crippen MR) is 88.2 cm³/mol. The molecule has 0 saturated heterocycles. The van der Waals surface area contributed by atoms with Gasteiger partial charge >= 0.3 is 0 Å². The van der Waals surface area contributed by atoms with Crippen LogP contribution in [0.2, 0.25) is 0 Å². The largest absolute Gasteiger partial charge is 0.352 e. The summed E-state index contributed by atoms with van der Waals surface area (Å²) in [5.41, 5.74) is 2.64. The number of aryl methyl sites for hydroxylation is 1. The van der Waals surface area contributed by atoms with E-state index in [0.717, 1.165) is 12.0 Å². The molecule has 0 radical (unpaired) electrons. The van der Waals surface area contributed by atoms with E-state index in [-0.39, 0.29) is 11.8 Å². The summed E-state index contributed by atoms with van der Waals surface area (Å²) in [5, 5.41) is 5.62. The van der Waals surface area contributed by atoms with Gasteiger partial charge in [0.2, 0.25) is 0 Å². The summed E-state index contributed by atoms with van der Waals surface area (Å²) in [6, 6.07) is 14.3. The Morgan fingerprint density at radius 2 is 1.64 bits per heavy atom. The van der Waals surface area contributed by atoms with Gasteiger partial charge in [-0.3, -0.25) is 9.59 Å². The molecular formula is C18H20N2O2. The Morgan fingerprint density at radius 3 is 2.32 bits per heavy atom. The highest BCUT2D eigenvalue weighted by Crippen LogP contribution is 2.16. The van der Waals surface area contributed by atoms with Crippen LogP contribution >= 0.6 is 0 Å². The van der Waals surface area contributed by atoms with Crippen molar-refractivity contribution in [1.82, 2.24) is 5.32 Å². The first-order chi connectivity index (χ1) is 10.6. The molecule has 0 aliphatic carbocycles. The molecule has 0 unspecified atom stereocenters. The van der Waals surface area contributed by atoms with Crippen LogP contribution in [-0.2, 0) is 0 Å². The van der Waals surface area contributed by atoms with Crippen LogP contribution in [0.1, 0.15) is 39.6 Å². The van der Waals surface area contributed by atoms with E-state index in [4.69, 9.17) is 0 Å². The smallest absolute Gasteiger partial charge is 0.255 e. The molecule has 2 amide bonds. The molecule has 0 aromatic heterocycles. The van der Waals surface area contributed by atoms with E-state index in [1.165, 1.54) is 0 Å². The topological polar surface area (TPSA) is 58.2 Å². The molecular weight excluding hydrogens is 276 g/mol. The third-order valence-electron chi connectivity index (χ3n) is 3.27. The van der Waals surface area contributed by atoms with Crippen molar-refractivity contribution in [2.75, 3.05) is 11.9 Å². The van der Waals surface area contributed by atoms with Gasteiger partial charge in [-0.1, -0.05) is 36.8 Å². The summed E-state index contributed by atoms with van der Waals surface area (Å²) in [6.07, 6.45) is 0.865. The number of hydrogen-bond donors (Lipinski definition) is 2. The zero-order valence-electron chi connectivity index (χ0n) is 12.8. The van der Waals surface area contributed by atoms with E-state index in [0.29, 0.717) is 23.4 Å². The zero-order chi connectivity index (χ0) is 15.9. The minimum Gasteiger partial charge on any atom is -0.352 e. The monoisotopic (exact) mass is 296 g/mol. The van der Waals surface area contributed by atoms with Gasteiger partial charge in [0.15, 0.2) is 0 Å². The van der Waals surface area contributed by atoms with Crippen LogP contribution in [0.5, 0.6) is 0 Å². The number of carbonyl (C=O) groups is 2. The molecule has 0 aliphatic rings. The maximum absolute atomic E-state index is 12.3. The van der Waals surface area contributed by atoms with Crippen LogP contribution < -0.4 is 10.6 Å². The number of rotatable bonds is 5. The van der Waals surface area contributed by atoms with Crippen molar-refractivity contribution in [3.8, 4) is 0 Å². The van der Waals surface area contributed by atoms with Crippen LogP contribution in [0.3, 0.4) is 0 Å². The average molecular weight is 296 g/mol. The van der Waals surface area contributed by atoms with Crippen molar-refractivity contribution in [3.63, 3.8) is 0 Å². The summed E-state index contributed by atoms with van der Waals surface area (Å²) >= 11 is 0. The second kappa shape index (κ2) is 7.41. The molecule has 0 spiro atoms. The first-order valence-electron chi connectivity index (χ1n) is 7.37. The van der Waals surface area contributed by atoms with Crippen LogP contribution in [-0.4, -0.2) is 18.4 Å². The normalized spacial score (nSPS) is 10.1. The summed E-state index contributed by atoms with van der Waals surface area (Å²) in [5.74, 6) is -0.405. The van der Waals surface area contributed by atoms with Gasteiger partial charge in [-0.15, -0.1) is 0 Å². The zero-order valence-corrected chi connectivity index (χ0v) is 12.8. The van der Waals surface area contributed by atoms with E-state index < -0.39 is 0 Å². The van der Waals surface area contributed by atoms with E-state index in [1.807, 2.05) is 26.0 Å². The van der Waals surface area contributed by atoms with Gasteiger partial charge in [-0.05, 0) is 37.6 Å². The average Bonchev–Trinajstić information content (AvgIpc) is 2.53. The molecule has 2 rings (SSSR count). The Labute approximate surface area is 130 Å².